The van der Waals surface area contributed by atoms with Crippen molar-refractivity contribution in [1.82, 2.24) is 9.80 Å². The summed E-state index contributed by atoms with van der Waals surface area (Å²) < 4.78 is 41.5. The number of allylic oxidation sites excluding steroid dienone is 1. The number of benzene rings is 1. The first kappa shape index (κ1) is 28.5. The summed E-state index contributed by atoms with van der Waals surface area (Å²) >= 11 is 0. The number of rotatable bonds is 3. The van der Waals surface area contributed by atoms with E-state index in [0.29, 0.717) is 29.8 Å². The number of hydrogen-bond acceptors (Lipinski definition) is 9. The van der Waals surface area contributed by atoms with Crippen molar-refractivity contribution >= 4 is 28.9 Å². The van der Waals surface area contributed by atoms with E-state index in [0.717, 1.165) is 0 Å². The maximum atomic E-state index is 14.0. The lowest BCUT2D eigenvalue weighted by molar-refractivity contribution is -0.136. The lowest BCUT2D eigenvalue weighted by atomic mass is 9.59. The number of Topliss-reactive ketones (excluding diaryl/α,β-unsaturated/α-hetero) is 2. The Kier molecular flexibility index (Phi) is 6.43. The van der Waals surface area contributed by atoms with Gasteiger partial charge in [0.05, 0.1) is 17.5 Å². The number of hydrogen-bond donors (Lipinski definition) is 4. The highest BCUT2D eigenvalue weighted by Gasteiger charge is 2.56. The summed E-state index contributed by atoms with van der Waals surface area (Å²) in [5.74, 6) is -7.28. The van der Waals surface area contributed by atoms with Gasteiger partial charge in [-0.15, -0.1) is 0 Å². The van der Waals surface area contributed by atoms with Gasteiger partial charge in [0.2, 0.25) is 0 Å². The number of ketones is 2. The average Bonchev–Trinajstić information content (AvgIpc) is 3.22. The summed E-state index contributed by atoms with van der Waals surface area (Å²) in [7, 11) is 5.13. The quantitative estimate of drug-likeness (QED) is 0.307. The number of alkyl halides is 3. The molecule has 2 fully saturated rings. The second-order valence-electron chi connectivity index (χ2n) is 12.5. The van der Waals surface area contributed by atoms with E-state index in [2.05, 4.69) is 4.90 Å². The molecule has 1 aromatic carbocycles. The maximum Gasteiger partial charge on any atom is 0.405 e. The van der Waals surface area contributed by atoms with Gasteiger partial charge in [0.15, 0.2) is 11.6 Å². The summed E-state index contributed by atoms with van der Waals surface area (Å²) in [6.07, 6.45) is -3.64. The fraction of sp³-hybridized carbons (Fsp3) is 0.552. The molecule has 0 aromatic heterocycles. The van der Waals surface area contributed by atoms with Gasteiger partial charge in [-0.25, -0.2) is 0 Å². The van der Waals surface area contributed by atoms with Crippen molar-refractivity contribution in [1.29, 1.82) is 0 Å². The Bertz CT molecular complexity index is 1480. The molecular weight excluding hydrogens is 557 g/mol. The molecule has 0 bridgehead atoms. The molecule has 1 amide bonds. The van der Waals surface area contributed by atoms with Gasteiger partial charge in [-0.2, -0.15) is 13.2 Å². The summed E-state index contributed by atoms with van der Waals surface area (Å²) in [6.45, 7) is -0.371. The van der Waals surface area contributed by atoms with Crippen molar-refractivity contribution in [3.05, 3.63) is 39.7 Å². The number of anilines is 1. The normalized spacial score (nSPS) is 31.2. The predicted octanol–water partition coefficient (Wildman–Crippen LogP) is 2.22. The van der Waals surface area contributed by atoms with Gasteiger partial charge >= 0.3 is 6.18 Å². The highest BCUT2D eigenvalue weighted by Crippen LogP contribution is 2.56. The van der Waals surface area contributed by atoms with Crippen molar-refractivity contribution in [3.8, 4) is 5.75 Å². The Morgan fingerprint density at radius 2 is 1.86 bits per heavy atom. The van der Waals surface area contributed by atoms with Crippen LogP contribution in [0.15, 0.2) is 23.0 Å². The highest BCUT2D eigenvalue weighted by atomic mass is 19.4. The van der Waals surface area contributed by atoms with E-state index in [1.807, 2.05) is 7.05 Å². The van der Waals surface area contributed by atoms with Crippen LogP contribution in [0.2, 0.25) is 0 Å². The number of amides is 1. The van der Waals surface area contributed by atoms with Crippen LogP contribution in [0.1, 0.15) is 35.6 Å². The number of primary amides is 1. The van der Waals surface area contributed by atoms with E-state index in [4.69, 9.17) is 5.73 Å². The minimum atomic E-state index is -4.51. The number of aliphatic hydroxyl groups is 2. The smallest absolute Gasteiger partial charge is 0.405 e. The van der Waals surface area contributed by atoms with Crippen LogP contribution in [-0.2, 0) is 20.8 Å². The predicted molar refractivity (Wildman–Crippen MR) is 145 cm³/mol. The fourth-order valence-electron chi connectivity index (χ4n) is 8.39. The molecule has 1 saturated heterocycles. The van der Waals surface area contributed by atoms with Gasteiger partial charge in [-0.1, -0.05) is 0 Å². The molecule has 1 saturated carbocycles. The van der Waals surface area contributed by atoms with Crippen LogP contribution >= 0.6 is 0 Å². The minimum absolute atomic E-state index is 0.0391. The third-order valence-corrected chi connectivity index (χ3v) is 9.80. The number of nitrogens with zero attached hydrogens (tertiary/aromatic N) is 3. The van der Waals surface area contributed by atoms with Crippen LogP contribution in [0.3, 0.4) is 0 Å². The molecule has 13 heteroatoms. The first-order chi connectivity index (χ1) is 19.6. The monoisotopic (exact) mass is 590 g/mol. The first-order valence-electron chi connectivity index (χ1n) is 13.9. The summed E-state index contributed by atoms with van der Waals surface area (Å²) in [4.78, 5) is 44.3. The van der Waals surface area contributed by atoms with E-state index in [9.17, 15) is 42.9 Å². The van der Waals surface area contributed by atoms with E-state index < -0.39 is 71.1 Å². The molecule has 5 aliphatic rings. The number of halogens is 3. The topological polar surface area (TPSA) is 148 Å². The van der Waals surface area contributed by atoms with E-state index >= 15 is 0 Å². The minimum Gasteiger partial charge on any atom is -0.510 e. The van der Waals surface area contributed by atoms with Crippen LogP contribution < -0.4 is 10.6 Å². The number of aromatic hydroxyl groups is 1. The van der Waals surface area contributed by atoms with Crippen molar-refractivity contribution in [2.24, 2.45) is 29.4 Å². The third-order valence-electron chi connectivity index (χ3n) is 9.80. The molecule has 226 valence electrons. The summed E-state index contributed by atoms with van der Waals surface area (Å²) in [5, 5.41) is 33.6. The molecule has 6 atom stereocenters. The lowest BCUT2D eigenvalue weighted by Gasteiger charge is -2.47. The zero-order valence-electron chi connectivity index (χ0n) is 23.4. The Labute approximate surface area is 239 Å². The van der Waals surface area contributed by atoms with Crippen LogP contribution in [0.4, 0.5) is 18.9 Å². The number of phenolic OH excluding ortho intramolecular Hbond substituents is 1. The maximum absolute atomic E-state index is 14.0. The molecule has 3 aliphatic carbocycles. The Hall–Kier alpha value is -3.58. The number of likely N-dealkylation sites (tertiary alicyclic amines) is 1. The van der Waals surface area contributed by atoms with E-state index in [-0.39, 0.29) is 48.2 Å². The molecule has 1 aromatic rings. The number of fused-ring (bicyclic) bond motifs is 7. The highest BCUT2D eigenvalue weighted by molar-refractivity contribution is 6.28. The van der Waals surface area contributed by atoms with Crippen LogP contribution in [-0.4, -0.2) is 95.6 Å². The van der Waals surface area contributed by atoms with Crippen molar-refractivity contribution in [2.75, 3.05) is 45.7 Å². The molecule has 0 radical (unpaired) electrons. The number of aliphatic hydroxyl groups excluding tert-OH is 2. The molecule has 2 aliphatic heterocycles. The standard InChI is InChI=1S/C29H33F3N4O6/c1-34(2)23-14-7-12-6-13-18(24(38)17(12)25(39)19(14)26(40)20(27(23)41)28(33)42)16(37)8-15-21-11(4-5-35(21)3)9-36(22(13)15)10-29(30,31)32/h8,11-12,14,19,21,23,37-38,41H,4-7,9-10H2,1-3H3,(H2,33,42)/t11?,12-,14+,19-,21?,23-/m1/s1. The van der Waals surface area contributed by atoms with Crippen molar-refractivity contribution < 1.29 is 42.9 Å². The Morgan fingerprint density at radius 3 is 2.48 bits per heavy atom. The number of nitrogens with two attached hydrogens (primary N) is 1. The van der Waals surface area contributed by atoms with Gasteiger partial charge in [0.25, 0.3) is 5.91 Å². The van der Waals surface area contributed by atoms with Crippen LogP contribution in [0.5, 0.6) is 5.75 Å². The number of carbonyl (C=O) groups is 3. The molecule has 5 N–H and O–H groups in total. The van der Waals surface area contributed by atoms with Gasteiger partial charge in [0.1, 0.15) is 29.4 Å². The van der Waals surface area contributed by atoms with Gasteiger partial charge in [0, 0.05) is 23.8 Å². The zero-order chi connectivity index (χ0) is 30.6. The van der Waals surface area contributed by atoms with E-state index in [1.54, 1.807) is 19.0 Å². The fourth-order valence-corrected chi connectivity index (χ4v) is 8.39. The van der Waals surface area contributed by atoms with Gasteiger partial charge in [-0.05, 0) is 81.9 Å². The lowest BCUT2D eigenvalue weighted by Crippen LogP contribution is -2.55. The summed E-state index contributed by atoms with van der Waals surface area (Å²) in [6, 6.07) is 0.273. The van der Waals surface area contributed by atoms with E-state index in [1.165, 1.54) is 11.0 Å². The number of phenols is 1. The Balaban J connectivity index is 1.53. The van der Waals surface area contributed by atoms with Gasteiger partial charge in [-0.3, -0.25) is 24.2 Å². The molecule has 10 nitrogen and oxygen atoms in total. The Morgan fingerprint density at radius 1 is 1.17 bits per heavy atom. The molecule has 2 unspecified atom stereocenters. The molecular formula is C29H33F3N4O6. The third kappa shape index (κ3) is 4.03. The summed E-state index contributed by atoms with van der Waals surface area (Å²) in [5.41, 5.74) is 5.70. The molecule has 2 heterocycles. The van der Waals surface area contributed by atoms with Gasteiger partial charge < -0.3 is 26.0 Å². The second-order valence-corrected chi connectivity index (χ2v) is 12.5. The number of carbonyl (C=O) groups excluding carboxylic acids is 3. The van der Waals surface area contributed by atoms with Crippen molar-refractivity contribution in [3.63, 3.8) is 0 Å². The average molecular weight is 591 g/mol. The molecule has 6 rings (SSSR count). The van der Waals surface area contributed by atoms with Crippen LogP contribution in [0.25, 0.3) is 5.76 Å². The largest absolute Gasteiger partial charge is 0.510 e. The van der Waals surface area contributed by atoms with Crippen LogP contribution in [0, 0.1) is 23.7 Å². The first-order valence-corrected chi connectivity index (χ1v) is 13.9. The zero-order valence-corrected chi connectivity index (χ0v) is 23.4. The van der Waals surface area contributed by atoms with Crippen molar-refractivity contribution in [2.45, 2.75) is 37.5 Å². The molecule has 42 heavy (non-hydrogen) atoms. The SMILES string of the molecule is CN1CCC2CN(CC(F)(F)F)c3c(cc(O)c4c3C[C@@H]3C[C@H]5[C@@H](C(=O)C(C(N)=O)=C(O)[C@@H]5N(C)C)C(=O)C3=C4O)C21. The second kappa shape index (κ2) is 9.46. The number of likely N-dealkylation sites (N-methyl/N-ethyl adjacent to an activating group) is 1. The molecule has 0 spiro atoms.